The van der Waals surface area contributed by atoms with Crippen LogP contribution in [0.5, 0.6) is 0 Å². The number of benzene rings is 2. The van der Waals surface area contributed by atoms with Gasteiger partial charge in [0, 0.05) is 6.42 Å². The Morgan fingerprint density at radius 3 is 1.89 bits per heavy atom. The molecular weight excluding hydrogens is 466 g/mol. The number of carbonyl (C=O) groups excluding carboxylic acids is 2. The van der Waals surface area contributed by atoms with Crippen molar-refractivity contribution in [2.24, 2.45) is 11.8 Å². The van der Waals surface area contributed by atoms with E-state index in [1.165, 1.54) is 28.1 Å². The van der Waals surface area contributed by atoms with E-state index >= 15 is 0 Å². The van der Waals surface area contributed by atoms with Gasteiger partial charge in [0.1, 0.15) is 5.60 Å². The lowest BCUT2D eigenvalue weighted by atomic mass is 9.94. The number of hydrogen-bond donors (Lipinski definition) is 0. The Hall–Kier alpha value is -2.44. The molecule has 1 saturated carbocycles. The molecule has 4 rings (SSSR count). The molecule has 0 aromatic heterocycles. The van der Waals surface area contributed by atoms with Crippen LogP contribution >= 0.6 is 0 Å². The van der Waals surface area contributed by atoms with Gasteiger partial charge in [-0.05, 0) is 54.4 Å². The van der Waals surface area contributed by atoms with E-state index in [0.717, 1.165) is 6.42 Å². The molecule has 0 spiro atoms. The molecule has 1 heterocycles. The van der Waals surface area contributed by atoms with Crippen LogP contribution in [-0.4, -0.2) is 43.5 Å². The van der Waals surface area contributed by atoms with Crippen molar-refractivity contribution in [2.45, 2.75) is 83.9 Å². The predicted molar refractivity (Wildman–Crippen MR) is 146 cm³/mol. The Morgan fingerprint density at radius 2 is 1.44 bits per heavy atom. The summed E-state index contributed by atoms with van der Waals surface area (Å²) in [4.78, 5) is 27.8. The molecule has 0 radical (unpaired) electrons. The maximum Gasteiger partial charge on any atom is 0.417 e. The summed E-state index contributed by atoms with van der Waals surface area (Å²) in [5, 5.41) is 2.20. The first-order chi connectivity index (χ1) is 16.9. The number of ether oxygens (including phenoxy) is 1. The second-order valence-corrected chi connectivity index (χ2v) is 16.7. The van der Waals surface area contributed by atoms with Gasteiger partial charge < -0.3 is 9.16 Å². The molecule has 0 N–H and O–H groups in total. The summed E-state index contributed by atoms with van der Waals surface area (Å²) in [5.41, 5.74) is -0.671. The molecule has 0 bridgehead atoms. The van der Waals surface area contributed by atoms with Crippen LogP contribution < -0.4 is 10.4 Å². The Labute approximate surface area is 217 Å². The van der Waals surface area contributed by atoms with Crippen molar-refractivity contribution in [3.05, 3.63) is 60.7 Å². The van der Waals surface area contributed by atoms with Crippen molar-refractivity contribution in [2.75, 3.05) is 6.61 Å². The third kappa shape index (κ3) is 5.60. The Morgan fingerprint density at radius 1 is 0.917 bits per heavy atom. The molecule has 1 saturated heterocycles. The number of rotatable bonds is 7. The average Bonchev–Trinajstić information content (AvgIpc) is 3.55. The van der Waals surface area contributed by atoms with Crippen molar-refractivity contribution >= 4 is 30.7 Å². The molecule has 2 atom stereocenters. The molecule has 1 aliphatic carbocycles. The maximum atomic E-state index is 13.2. The van der Waals surface area contributed by atoms with E-state index in [2.05, 4.69) is 69.3 Å². The van der Waals surface area contributed by atoms with Crippen LogP contribution in [0.2, 0.25) is 5.04 Å². The average molecular weight is 508 g/mol. The molecule has 2 aromatic carbocycles. The van der Waals surface area contributed by atoms with Crippen LogP contribution in [0.25, 0.3) is 0 Å². The zero-order valence-electron chi connectivity index (χ0n) is 22.6. The van der Waals surface area contributed by atoms with E-state index in [9.17, 15) is 9.59 Å². The lowest BCUT2D eigenvalue weighted by Crippen LogP contribution is -2.67. The molecule has 2 aliphatic rings. The second kappa shape index (κ2) is 10.1. The zero-order valence-corrected chi connectivity index (χ0v) is 23.6. The van der Waals surface area contributed by atoms with Gasteiger partial charge in [-0.2, -0.15) is 0 Å². The first kappa shape index (κ1) is 26.6. The van der Waals surface area contributed by atoms with Crippen molar-refractivity contribution in [1.82, 2.24) is 4.90 Å². The molecule has 1 aliphatic heterocycles. The summed E-state index contributed by atoms with van der Waals surface area (Å²) >= 11 is 0. The minimum Gasteiger partial charge on any atom is -0.443 e. The molecule has 2 fully saturated rings. The third-order valence-electron chi connectivity index (χ3n) is 7.39. The van der Waals surface area contributed by atoms with Gasteiger partial charge in [-0.1, -0.05) is 94.3 Å². The van der Waals surface area contributed by atoms with E-state index in [1.54, 1.807) is 0 Å². The van der Waals surface area contributed by atoms with Crippen LogP contribution in [0.1, 0.15) is 67.2 Å². The first-order valence-electron chi connectivity index (χ1n) is 13.2. The van der Waals surface area contributed by atoms with Crippen molar-refractivity contribution in [1.29, 1.82) is 0 Å². The van der Waals surface area contributed by atoms with Gasteiger partial charge in [-0.3, -0.25) is 4.79 Å². The van der Waals surface area contributed by atoms with Gasteiger partial charge in [0.25, 0.3) is 8.32 Å². The molecular formula is C30H41NO4Si. The van der Waals surface area contributed by atoms with Crippen LogP contribution in [0.4, 0.5) is 4.79 Å². The third-order valence-corrected chi connectivity index (χ3v) is 12.4. The number of carbonyl (C=O) groups is 2. The Bertz CT molecular complexity index is 1010. The van der Waals surface area contributed by atoms with E-state index in [4.69, 9.17) is 9.16 Å². The van der Waals surface area contributed by atoms with Crippen molar-refractivity contribution in [3.8, 4) is 0 Å². The summed E-state index contributed by atoms with van der Waals surface area (Å²) in [6, 6.07) is 20.7. The van der Waals surface area contributed by atoms with Crippen LogP contribution in [-0.2, 0) is 14.0 Å². The van der Waals surface area contributed by atoms with Crippen molar-refractivity contribution in [3.63, 3.8) is 0 Å². The summed E-state index contributed by atoms with van der Waals surface area (Å²) in [7, 11) is -2.79. The first-order valence-corrected chi connectivity index (χ1v) is 15.1. The number of nitrogens with zero attached hydrogens (tertiary/aromatic N) is 1. The summed E-state index contributed by atoms with van der Waals surface area (Å²) in [5.74, 6) is 0.596. The summed E-state index contributed by atoms with van der Waals surface area (Å²) < 4.78 is 12.9. The van der Waals surface area contributed by atoms with E-state index in [1.807, 2.05) is 32.9 Å². The van der Waals surface area contributed by atoms with E-state index < -0.39 is 20.0 Å². The fraction of sp³-hybridized carbons (Fsp3) is 0.533. The molecule has 6 heteroatoms. The molecule has 0 unspecified atom stereocenters. The SMILES string of the molecule is CC(C)(C)OC(=O)N1C(=O)C[C@@H](CC2CC2)[C@@H]1CO[Si](c1ccccc1)(c1ccccc1)C(C)(C)C. The van der Waals surface area contributed by atoms with Gasteiger partial charge >= 0.3 is 6.09 Å². The van der Waals surface area contributed by atoms with Gasteiger partial charge in [0.15, 0.2) is 0 Å². The highest BCUT2D eigenvalue weighted by molar-refractivity contribution is 6.99. The standard InChI is InChI=1S/C30H41NO4Si/c1-29(2,3)35-28(33)31-26(23(20-27(31)32)19-22-17-18-22)21-34-36(30(4,5)6,24-13-9-7-10-14-24)25-15-11-8-12-16-25/h7-16,22-23,26H,17-21H2,1-6H3/t23-,26+/m1/s1. The number of hydrogen-bond acceptors (Lipinski definition) is 4. The minimum absolute atomic E-state index is 0.0933. The molecule has 194 valence electrons. The second-order valence-electron chi connectivity index (χ2n) is 12.4. The quantitative estimate of drug-likeness (QED) is 0.464. The van der Waals surface area contributed by atoms with Gasteiger partial charge in [-0.25, -0.2) is 9.69 Å². The highest BCUT2D eigenvalue weighted by Crippen LogP contribution is 2.42. The Kier molecular flexibility index (Phi) is 7.49. The number of amides is 2. The highest BCUT2D eigenvalue weighted by atomic mass is 28.4. The number of imide groups is 1. The largest absolute Gasteiger partial charge is 0.443 e. The fourth-order valence-electron chi connectivity index (χ4n) is 5.61. The van der Waals surface area contributed by atoms with Crippen LogP contribution in [0, 0.1) is 11.8 Å². The highest BCUT2D eigenvalue weighted by Gasteiger charge is 2.53. The smallest absolute Gasteiger partial charge is 0.417 e. The van der Waals surface area contributed by atoms with Crippen LogP contribution in [0.15, 0.2) is 60.7 Å². The molecule has 2 aromatic rings. The van der Waals surface area contributed by atoms with E-state index in [0.29, 0.717) is 18.9 Å². The molecule has 5 nitrogen and oxygen atoms in total. The van der Waals surface area contributed by atoms with Gasteiger partial charge in [-0.15, -0.1) is 0 Å². The summed E-state index contributed by atoms with van der Waals surface area (Å²) in [6.07, 6.45) is 3.20. The lowest BCUT2D eigenvalue weighted by Gasteiger charge is -2.44. The van der Waals surface area contributed by atoms with Gasteiger partial charge in [0.2, 0.25) is 5.91 Å². The van der Waals surface area contributed by atoms with Gasteiger partial charge in [0.05, 0.1) is 12.6 Å². The Balaban J connectivity index is 1.73. The fourth-order valence-corrected chi connectivity index (χ4v) is 10.2. The zero-order chi connectivity index (χ0) is 26.1. The number of likely N-dealkylation sites (tertiary alicyclic amines) is 1. The topological polar surface area (TPSA) is 55.8 Å². The monoisotopic (exact) mass is 507 g/mol. The van der Waals surface area contributed by atoms with Crippen LogP contribution in [0.3, 0.4) is 0 Å². The predicted octanol–water partition coefficient (Wildman–Crippen LogP) is 5.52. The van der Waals surface area contributed by atoms with E-state index in [-0.39, 0.29) is 22.9 Å². The van der Waals surface area contributed by atoms with Crippen molar-refractivity contribution < 1.29 is 18.8 Å². The lowest BCUT2D eigenvalue weighted by molar-refractivity contribution is -0.128. The summed E-state index contributed by atoms with van der Waals surface area (Å²) in [6.45, 7) is 12.5. The molecule has 2 amide bonds. The molecule has 36 heavy (non-hydrogen) atoms. The maximum absolute atomic E-state index is 13.2. The minimum atomic E-state index is -2.79. The normalized spacial score (nSPS) is 21.1.